The molecule has 2 heteroatoms. The van der Waals surface area contributed by atoms with E-state index in [4.69, 9.17) is 9.47 Å². The molecule has 2 nitrogen and oxygen atoms in total. The fraction of sp³-hybridized carbons (Fsp3) is 0.200. The van der Waals surface area contributed by atoms with Crippen molar-refractivity contribution in [3.05, 3.63) is 73.3 Å². The summed E-state index contributed by atoms with van der Waals surface area (Å²) < 4.78 is 11.6. The molecule has 114 valence electrons. The van der Waals surface area contributed by atoms with E-state index in [1.165, 1.54) is 5.56 Å². The summed E-state index contributed by atoms with van der Waals surface area (Å²) in [6.45, 7) is 10.4. The van der Waals surface area contributed by atoms with Crippen LogP contribution in [0, 0.1) is 0 Å². The summed E-state index contributed by atoms with van der Waals surface area (Å²) in [7, 11) is 0. The highest BCUT2D eigenvalue weighted by Gasteiger charge is 2.12. The van der Waals surface area contributed by atoms with E-state index in [-0.39, 0.29) is 0 Å². The summed E-state index contributed by atoms with van der Waals surface area (Å²) in [6.07, 6.45) is 4.46. The number of hydrogen-bond acceptors (Lipinski definition) is 2. The van der Waals surface area contributed by atoms with Crippen LogP contribution in [0.5, 0.6) is 11.5 Å². The molecule has 0 aliphatic heterocycles. The van der Waals surface area contributed by atoms with Crippen LogP contribution in [0.25, 0.3) is 11.1 Å². The molecular weight excluding hydrogens is 272 g/mol. The molecule has 0 fully saturated rings. The highest BCUT2D eigenvalue weighted by Crippen LogP contribution is 2.38. The molecule has 0 aliphatic carbocycles. The molecule has 0 bridgehead atoms. The van der Waals surface area contributed by atoms with Gasteiger partial charge >= 0.3 is 0 Å². The molecule has 0 saturated carbocycles. The number of hydrogen-bond donors (Lipinski definition) is 0. The van der Waals surface area contributed by atoms with Gasteiger partial charge in [-0.3, -0.25) is 0 Å². The summed E-state index contributed by atoms with van der Waals surface area (Å²) in [5.74, 6) is 1.47. The van der Waals surface area contributed by atoms with Crippen molar-refractivity contribution in [1.82, 2.24) is 0 Å². The van der Waals surface area contributed by atoms with Crippen LogP contribution >= 0.6 is 0 Å². The van der Waals surface area contributed by atoms with Crippen molar-refractivity contribution in [2.45, 2.75) is 13.3 Å². The van der Waals surface area contributed by atoms with E-state index in [1.807, 2.05) is 18.2 Å². The third-order valence-electron chi connectivity index (χ3n) is 3.33. The van der Waals surface area contributed by atoms with E-state index in [2.05, 4.69) is 44.3 Å². The summed E-state index contributed by atoms with van der Waals surface area (Å²) in [5, 5.41) is 0. The second-order valence-corrected chi connectivity index (χ2v) is 4.89. The minimum absolute atomic E-state index is 0.439. The van der Waals surface area contributed by atoms with Crippen LogP contribution < -0.4 is 9.47 Å². The van der Waals surface area contributed by atoms with Crippen LogP contribution in [0.3, 0.4) is 0 Å². The van der Waals surface area contributed by atoms with Gasteiger partial charge in [0.25, 0.3) is 0 Å². The Bertz CT molecular complexity index is 644. The first-order valence-electron chi connectivity index (χ1n) is 7.49. The summed E-state index contributed by atoms with van der Waals surface area (Å²) in [6, 6.07) is 14.4. The van der Waals surface area contributed by atoms with Crippen LogP contribution in [0.1, 0.15) is 12.5 Å². The normalized spacial score (nSPS) is 10.0. The molecule has 2 rings (SSSR count). The summed E-state index contributed by atoms with van der Waals surface area (Å²) in [5.41, 5.74) is 3.45. The molecule has 0 saturated heterocycles. The molecule has 0 N–H and O–H groups in total. The van der Waals surface area contributed by atoms with Crippen LogP contribution in [-0.4, -0.2) is 13.2 Å². The first-order chi connectivity index (χ1) is 10.8. The fourth-order valence-corrected chi connectivity index (χ4v) is 2.26. The highest BCUT2D eigenvalue weighted by molar-refractivity contribution is 5.74. The van der Waals surface area contributed by atoms with Gasteiger partial charge in [0.05, 0.1) is 0 Å². The molecule has 0 heterocycles. The lowest BCUT2D eigenvalue weighted by Crippen LogP contribution is -2.01. The lowest BCUT2D eigenvalue weighted by Gasteiger charge is -2.16. The predicted molar refractivity (Wildman–Crippen MR) is 92.6 cm³/mol. The molecule has 0 radical (unpaired) electrons. The Morgan fingerprint density at radius 2 is 1.68 bits per heavy atom. The standard InChI is InChI=1S/C20H22O2/c1-4-13-21-19-12-8-11-18(20(19)22-14-5-2)17-10-7-9-16(6-3)15-17/h4-5,7-12,15H,1-2,6,13-14H2,3H3. The van der Waals surface area contributed by atoms with Crippen molar-refractivity contribution in [2.75, 3.05) is 13.2 Å². The third-order valence-corrected chi connectivity index (χ3v) is 3.33. The first-order valence-corrected chi connectivity index (χ1v) is 7.49. The van der Waals surface area contributed by atoms with E-state index in [9.17, 15) is 0 Å². The Labute approximate surface area is 132 Å². The van der Waals surface area contributed by atoms with Crippen molar-refractivity contribution >= 4 is 0 Å². The van der Waals surface area contributed by atoms with Crippen molar-refractivity contribution in [2.24, 2.45) is 0 Å². The lowest BCUT2D eigenvalue weighted by molar-refractivity contribution is 0.309. The van der Waals surface area contributed by atoms with Gasteiger partial charge in [-0.25, -0.2) is 0 Å². The summed E-state index contributed by atoms with van der Waals surface area (Å²) in [4.78, 5) is 0. The quantitative estimate of drug-likeness (QED) is 0.635. The maximum absolute atomic E-state index is 5.87. The van der Waals surface area contributed by atoms with Crippen LogP contribution in [0.2, 0.25) is 0 Å². The van der Waals surface area contributed by atoms with E-state index < -0.39 is 0 Å². The smallest absolute Gasteiger partial charge is 0.169 e. The Morgan fingerprint density at radius 1 is 0.955 bits per heavy atom. The van der Waals surface area contributed by atoms with Gasteiger partial charge in [-0.1, -0.05) is 68.6 Å². The van der Waals surface area contributed by atoms with Gasteiger partial charge in [0, 0.05) is 5.56 Å². The Balaban J connectivity index is 2.47. The maximum atomic E-state index is 5.87. The molecule has 2 aromatic carbocycles. The average Bonchev–Trinajstić information content (AvgIpc) is 2.58. The van der Waals surface area contributed by atoms with Crippen LogP contribution in [0.15, 0.2) is 67.8 Å². The van der Waals surface area contributed by atoms with Crippen LogP contribution in [0.4, 0.5) is 0 Å². The topological polar surface area (TPSA) is 18.5 Å². The average molecular weight is 294 g/mol. The largest absolute Gasteiger partial charge is 0.486 e. The van der Waals surface area contributed by atoms with Gasteiger partial charge in [0.1, 0.15) is 13.2 Å². The molecule has 0 spiro atoms. The number of ether oxygens (including phenoxy) is 2. The van der Waals surface area contributed by atoms with Gasteiger partial charge in [0.2, 0.25) is 0 Å². The zero-order valence-corrected chi connectivity index (χ0v) is 13.0. The number of rotatable bonds is 8. The predicted octanol–water partition coefficient (Wildman–Crippen LogP) is 5.05. The van der Waals surface area contributed by atoms with Crippen molar-refractivity contribution in [3.63, 3.8) is 0 Å². The molecule has 0 aliphatic rings. The molecule has 0 amide bonds. The van der Waals surface area contributed by atoms with Gasteiger partial charge in [-0.2, -0.15) is 0 Å². The van der Waals surface area contributed by atoms with Crippen molar-refractivity contribution in [1.29, 1.82) is 0 Å². The van der Waals surface area contributed by atoms with Gasteiger partial charge in [0.15, 0.2) is 11.5 Å². The number of aryl methyl sites for hydroxylation is 1. The van der Waals surface area contributed by atoms with Gasteiger partial charge in [-0.05, 0) is 23.6 Å². The number of para-hydroxylation sites is 1. The van der Waals surface area contributed by atoms with E-state index in [0.29, 0.717) is 13.2 Å². The summed E-state index contributed by atoms with van der Waals surface area (Å²) >= 11 is 0. The SMILES string of the molecule is C=CCOc1cccc(-c2cccc(CC)c2)c1OCC=C. The highest BCUT2D eigenvalue weighted by atomic mass is 16.5. The third kappa shape index (κ3) is 3.79. The first kappa shape index (κ1) is 15.9. The van der Waals surface area contributed by atoms with E-state index >= 15 is 0 Å². The molecule has 22 heavy (non-hydrogen) atoms. The van der Waals surface area contributed by atoms with Crippen molar-refractivity contribution in [3.8, 4) is 22.6 Å². The molecule has 0 unspecified atom stereocenters. The molecule has 0 atom stereocenters. The maximum Gasteiger partial charge on any atom is 0.169 e. The minimum atomic E-state index is 0.439. The zero-order chi connectivity index (χ0) is 15.8. The molecule has 0 aromatic heterocycles. The second-order valence-electron chi connectivity index (χ2n) is 4.89. The van der Waals surface area contributed by atoms with E-state index in [0.717, 1.165) is 29.0 Å². The van der Waals surface area contributed by atoms with Gasteiger partial charge < -0.3 is 9.47 Å². The second kappa shape index (κ2) is 8.08. The minimum Gasteiger partial charge on any atom is -0.486 e. The fourth-order valence-electron chi connectivity index (χ4n) is 2.26. The van der Waals surface area contributed by atoms with Gasteiger partial charge in [-0.15, -0.1) is 0 Å². The lowest BCUT2D eigenvalue weighted by atomic mass is 10.0. The monoisotopic (exact) mass is 294 g/mol. The Hall–Kier alpha value is -2.48. The molecule has 2 aromatic rings. The zero-order valence-electron chi connectivity index (χ0n) is 13.0. The Morgan fingerprint density at radius 3 is 2.41 bits per heavy atom. The Kier molecular flexibility index (Phi) is 5.84. The molecular formula is C20H22O2. The van der Waals surface area contributed by atoms with Crippen molar-refractivity contribution < 1.29 is 9.47 Å². The number of benzene rings is 2. The van der Waals surface area contributed by atoms with Crippen LogP contribution in [-0.2, 0) is 6.42 Å². The van der Waals surface area contributed by atoms with E-state index in [1.54, 1.807) is 12.2 Å².